The molecule has 9 aromatic carbocycles. The molecular weight excluding hydrogens is 653 g/mol. The van der Waals surface area contributed by atoms with Gasteiger partial charge in [0.25, 0.3) is 0 Å². The summed E-state index contributed by atoms with van der Waals surface area (Å²) in [7, 11) is 0. The van der Waals surface area contributed by atoms with Gasteiger partial charge in [-0.05, 0) is 81.6 Å². The monoisotopic (exact) mass is 688 g/mol. The van der Waals surface area contributed by atoms with E-state index >= 15 is 0 Å². The highest BCUT2D eigenvalue weighted by Gasteiger charge is 2.19. The van der Waals surface area contributed by atoms with Crippen LogP contribution in [0.3, 0.4) is 0 Å². The van der Waals surface area contributed by atoms with E-state index in [0.717, 1.165) is 17.1 Å². The van der Waals surface area contributed by atoms with Gasteiger partial charge in [0.15, 0.2) is 0 Å². The van der Waals surface area contributed by atoms with Crippen LogP contribution in [0.2, 0.25) is 0 Å². The van der Waals surface area contributed by atoms with Crippen LogP contribution in [-0.2, 0) is 0 Å². The van der Waals surface area contributed by atoms with Gasteiger partial charge in [0.05, 0.1) is 22.4 Å². The average molecular weight is 689 g/mol. The molecule has 254 valence electrons. The van der Waals surface area contributed by atoms with Crippen molar-refractivity contribution in [2.75, 3.05) is 4.90 Å². The van der Waals surface area contributed by atoms with Gasteiger partial charge in [0.1, 0.15) is 0 Å². The Balaban J connectivity index is 1.02. The standard InChI is InChI=1S/C52H36N2/c1-2-17-41(18-3-1)53(50-26-11-7-21-46(50)45-24-14-16-39-15-4-5-19-43(39)45)42-35-33-38(34-36-42)37-29-31-40(32-30-37)44-20-6-10-25-49(44)54-51-27-12-8-22-47(51)48-23-9-13-28-52(48)54/h1-36H. The number of hydrogen-bond acceptors (Lipinski definition) is 1. The molecule has 0 aliphatic rings. The molecule has 2 heteroatoms. The third kappa shape index (κ3) is 5.44. The number of para-hydroxylation sites is 5. The Bertz CT molecular complexity index is 2860. The molecule has 0 radical (unpaired) electrons. The highest BCUT2D eigenvalue weighted by molar-refractivity contribution is 6.09. The Hall–Kier alpha value is -7.16. The van der Waals surface area contributed by atoms with E-state index in [4.69, 9.17) is 0 Å². The second kappa shape index (κ2) is 13.4. The summed E-state index contributed by atoms with van der Waals surface area (Å²) < 4.78 is 2.41. The minimum atomic E-state index is 1.11. The normalized spacial score (nSPS) is 11.3. The number of aromatic nitrogens is 1. The first-order valence-corrected chi connectivity index (χ1v) is 18.5. The fourth-order valence-electron chi connectivity index (χ4n) is 8.10. The van der Waals surface area contributed by atoms with E-state index in [1.165, 1.54) is 71.6 Å². The largest absolute Gasteiger partial charge is 0.310 e. The third-order valence-corrected chi connectivity index (χ3v) is 10.6. The summed E-state index contributed by atoms with van der Waals surface area (Å²) in [6, 6.07) is 78.7. The van der Waals surface area contributed by atoms with E-state index in [9.17, 15) is 0 Å². The van der Waals surface area contributed by atoms with Crippen molar-refractivity contribution in [1.82, 2.24) is 4.57 Å². The van der Waals surface area contributed by atoms with E-state index in [1.54, 1.807) is 0 Å². The second-order valence-electron chi connectivity index (χ2n) is 13.7. The van der Waals surface area contributed by atoms with Crippen LogP contribution in [0.1, 0.15) is 0 Å². The molecule has 0 aliphatic carbocycles. The Morgan fingerprint density at radius 1 is 0.296 bits per heavy atom. The Kier molecular flexibility index (Phi) is 7.85. The Labute approximate surface area is 315 Å². The van der Waals surface area contributed by atoms with Crippen molar-refractivity contribution in [3.8, 4) is 39.1 Å². The van der Waals surface area contributed by atoms with Crippen LogP contribution >= 0.6 is 0 Å². The van der Waals surface area contributed by atoms with Gasteiger partial charge in [-0.2, -0.15) is 0 Å². The summed E-state index contributed by atoms with van der Waals surface area (Å²) in [6.07, 6.45) is 0. The molecule has 0 aliphatic heterocycles. The Morgan fingerprint density at radius 3 is 1.50 bits per heavy atom. The maximum atomic E-state index is 2.41. The smallest absolute Gasteiger partial charge is 0.0541 e. The summed E-state index contributed by atoms with van der Waals surface area (Å²) >= 11 is 0. The summed E-state index contributed by atoms with van der Waals surface area (Å²) in [5.74, 6) is 0. The van der Waals surface area contributed by atoms with Crippen LogP contribution in [0.15, 0.2) is 218 Å². The van der Waals surface area contributed by atoms with Crippen molar-refractivity contribution in [3.05, 3.63) is 218 Å². The molecule has 0 amide bonds. The highest BCUT2D eigenvalue weighted by atomic mass is 15.1. The average Bonchev–Trinajstić information content (AvgIpc) is 3.59. The summed E-state index contributed by atoms with van der Waals surface area (Å²) in [4.78, 5) is 2.37. The molecule has 1 aromatic heterocycles. The van der Waals surface area contributed by atoms with Crippen molar-refractivity contribution in [1.29, 1.82) is 0 Å². The van der Waals surface area contributed by atoms with Crippen molar-refractivity contribution in [2.24, 2.45) is 0 Å². The maximum Gasteiger partial charge on any atom is 0.0541 e. The lowest BCUT2D eigenvalue weighted by Gasteiger charge is -2.28. The first-order chi connectivity index (χ1) is 26.8. The third-order valence-electron chi connectivity index (χ3n) is 10.6. The zero-order chi connectivity index (χ0) is 35.8. The molecular formula is C52H36N2. The van der Waals surface area contributed by atoms with Crippen LogP contribution < -0.4 is 4.90 Å². The van der Waals surface area contributed by atoms with Gasteiger partial charge in [-0.3, -0.25) is 0 Å². The topological polar surface area (TPSA) is 8.17 Å². The zero-order valence-electron chi connectivity index (χ0n) is 29.7. The molecule has 54 heavy (non-hydrogen) atoms. The van der Waals surface area contributed by atoms with E-state index in [2.05, 4.69) is 228 Å². The molecule has 0 spiro atoms. The first kappa shape index (κ1) is 31.6. The Morgan fingerprint density at radius 2 is 0.778 bits per heavy atom. The number of benzene rings is 9. The van der Waals surface area contributed by atoms with Crippen molar-refractivity contribution < 1.29 is 0 Å². The SMILES string of the molecule is c1ccc(N(c2ccc(-c3ccc(-c4ccccc4-n4c5ccccc5c5ccccc54)cc3)cc2)c2ccccc2-c2cccc3ccccc23)cc1. The lowest BCUT2D eigenvalue weighted by Crippen LogP contribution is -2.11. The molecule has 0 bridgehead atoms. The number of hydrogen-bond donors (Lipinski definition) is 0. The number of nitrogens with zero attached hydrogens (tertiary/aromatic N) is 2. The number of rotatable bonds is 7. The van der Waals surface area contributed by atoms with Crippen LogP contribution in [0.25, 0.3) is 71.6 Å². The van der Waals surface area contributed by atoms with E-state index in [0.29, 0.717) is 0 Å². The summed E-state index contributed by atoms with van der Waals surface area (Å²) in [6.45, 7) is 0. The van der Waals surface area contributed by atoms with Gasteiger partial charge >= 0.3 is 0 Å². The zero-order valence-corrected chi connectivity index (χ0v) is 29.7. The van der Waals surface area contributed by atoms with E-state index in [-0.39, 0.29) is 0 Å². The van der Waals surface area contributed by atoms with Crippen LogP contribution in [0.5, 0.6) is 0 Å². The van der Waals surface area contributed by atoms with Gasteiger partial charge in [0.2, 0.25) is 0 Å². The minimum Gasteiger partial charge on any atom is -0.310 e. The van der Waals surface area contributed by atoms with Crippen LogP contribution in [-0.4, -0.2) is 4.57 Å². The van der Waals surface area contributed by atoms with Gasteiger partial charge in [-0.1, -0.05) is 170 Å². The second-order valence-corrected chi connectivity index (χ2v) is 13.7. The molecule has 2 nitrogen and oxygen atoms in total. The maximum absolute atomic E-state index is 2.41. The van der Waals surface area contributed by atoms with Gasteiger partial charge in [0, 0.05) is 33.3 Å². The predicted molar refractivity (Wildman–Crippen MR) is 229 cm³/mol. The molecule has 1 heterocycles. The summed E-state index contributed by atoms with van der Waals surface area (Å²) in [5.41, 5.74) is 14.1. The number of anilines is 3. The molecule has 0 saturated carbocycles. The van der Waals surface area contributed by atoms with Crippen molar-refractivity contribution in [2.45, 2.75) is 0 Å². The predicted octanol–water partition coefficient (Wildman–Crippen LogP) is 14.4. The fourth-order valence-corrected chi connectivity index (χ4v) is 8.10. The van der Waals surface area contributed by atoms with E-state index in [1.807, 2.05) is 0 Å². The van der Waals surface area contributed by atoms with Gasteiger partial charge in [-0.15, -0.1) is 0 Å². The number of fused-ring (bicyclic) bond motifs is 4. The molecule has 0 unspecified atom stereocenters. The van der Waals surface area contributed by atoms with Crippen molar-refractivity contribution >= 4 is 49.6 Å². The molecule has 0 fully saturated rings. The highest BCUT2D eigenvalue weighted by Crippen LogP contribution is 2.43. The van der Waals surface area contributed by atoms with Crippen LogP contribution in [0, 0.1) is 0 Å². The molecule has 10 rings (SSSR count). The van der Waals surface area contributed by atoms with Gasteiger partial charge in [-0.25, -0.2) is 0 Å². The lowest BCUT2D eigenvalue weighted by atomic mass is 9.96. The molecule has 0 N–H and O–H groups in total. The molecule has 0 saturated heterocycles. The van der Waals surface area contributed by atoms with Crippen LogP contribution in [0.4, 0.5) is 17.1 Å². The summed E-state index contributed by atoms with van der Waals surface area (Å²) in [5, 5.41) is 5.02. The van der Waals surface area contributed by atoms with Gasteiger partial charge < -0.3 is 9.47 Å². The molecule has 0 atom stereocenters. The first-order valence-electron chi connectivity index (χ1n) is 18.5. The van der Waals surface area contributed by atoms with Crippen molar-refractivity contribution in [3.63, 3.8) is 0 Å². The molecule has 10 aromatic rings. The quantitative estimate of drug-likeness (QED) is 0.162. The van der Waals surface area contributed by atoms with E-state index < -0.39 is 0 Å². The fraction of sp³-hybridized carbons (Fsp3) is 0. The minimum absolute atomic E-state index is 1.11. The lowest BCUT2D eigenvalue weighted by molar-refractivity contribution is 1.18.